The van der Waals surface area contributed by atoms with Crippen molar-refractivity contribution in [2.45, 2.75) is 0 Å². The first-order valence-corrected chi connectivity index (χ1v) is 5.00. The summed E-state index contributed by atoms with van der Waals surface area (Å²) in [4.78, 5) is 10.7. The lowest BCUT2D eigenvalue weighted by molar-refractivity contribution is 0.174. The number of hydrogen-bond acceptors (Lipinski definition) is 5. The number of hydrazine groups is 1. The second-order valence-electron chi connectivity index (χ2n) is 3.41. The minimum absolute atomic E-state index is 0. The molecular weight excluding hydrogens is 256 g/mol. The van der Waals surface area contributed by atoms with Crippen molar-refractivity contribution in [2.24, 2.45) is 11.7 Å². The molecule has 18 heavy (non-hydrogen) atoms. The molecule has 5 nitrogen and oxygen atoms in total. The number of hydrogen-bond donors (Lipinski definition) is 2. The third-order valence-electron chi connectivity index (χ3n) is 2.34. The zero-order valence-corrected chi connectivity index (χ0v) is 10.3. The second kappa shape index (κ2) is 6.20. The lowest BCUT2D eigenvalue weighted by Crippen LogP contribution is -2.02. The maximum absolute atomic E-state index is 10.7. The largest absolute Gasteiger partial charge is 0.454 e. The van der Waals surface area contributed by atoms with E-state index in [1.807, 2.05) is 24.3 Å². The average molecular weight is 269 g/mol. The van der Waals surface area contributed by atoms with Gasteiger partial charge in [-0.05, 0) is 23.8 Å². The molecule has 0 unspecified atom stereocenters. The van der Waals surface area contributed by atoms with Gasteiger partial charge in [-0.2, -0.15) is 0 Å². The molecule has 0 spiro atoms. The molecule has 0 aromatic heterocycles. The number of ether oxygens (including phenoxy) is 2. The van der Waals surface area contributed by atoms with E-state index in [4.69, 9.17) is 9.47 Å². The highest BCUT2D eigenvalue weighted by Crippen LogP contribution is 2.32. The van der Waals surface area contributed by atoms with Crippen molar-refractivity contribution in [2.75, 3.05) is 6.79 Å². The summed E-state index contributed by atoms with van der Waals surface area (Å²) in [5.74, 6) is 9.53. The van der Waals surface area contributed by atoms with Gasteiger partial charge in [-0.25, -0.2) is 0 Å². The van der Waals surface area contributed by atoms with E-state index in [2.05, 4.69) is 11.7 Å². The van der Waals surface area contributed by atoms with E-state index < -0.39 is 0 Å². The van der Waals surface area contributed by atoms with Crippen LogP contribution >= 0.6 is 12.4 Å². The van der Waals surface area contributed by atoms with Crippen molar-refractivity contribution in [3.63, 3.8) is 0 Å². The zero-order chi connectivity index (χ0) is 12.3. The Bertz CT molecular complexity index is 559. The molecule has 0 fully saturated rings. The third-order valence-corrected chi connectivity index (χ3v) is 2.34. The smallest absolute Gasteiger partial charge is 0.231 e. The summed E-state index contributed by atoms with van der Waals surface area (Å²) in [6.07, 6.45) is 3.69. The van der Waals surface area contributed by atoms with Gasteiger partial charge in [-0.15, -0.1) is 12.4 Å². The molecule has 0 saturated heterocycles. The summed E-state index contributed by atoms with van der Waals surface area (Å²) in [5.41, 5.74) is 1.89. The van der Waals surface area contributed by atoms with Crippen molar-refractivity contribution in [3.8, 4) is 11.5 Å². The number of nitrogens with two attached hydrogens (primary N) is 2. The second-order valence-corrected chi connectivity index (χ2v) is 3.41. The number of fused-ring (bicyclic) bond motifs is 1. The summed E-state index contributed by atoms with van der Waals surface area (Å²) in [7, 11) is 0. The molecule has 2 aromatic rings. The molecule has 96 valence electrons. The minimum atomic E-state index is 0. The van der Waals surface area contributed by atoms with Gasteiger partial charge < -0.3 is 9.47 Å². The number of rotatable bonds is 2. The lowest BCUT2D eigenvalue weighted by Gasteiger charge is -1.96. The normalized spacial score (nSPS) is 12.1. The SMILES string of the molecule is Cl.NN.O=c1cc1C=Cc1ccc2c(c1)OCO2. The fourth-order valence-electron chi connectivity index (χ4n) is 1.44. The maximum atomic E-state index is 10.7. The third kappa shape index (κ3) is 3.10. The number of benzene rings is 1. The fourth-order valence-corrected chi connectivity index (χ4v) is 1.44. The molecular formula is C12H13ClN2O3. The van der Waals surface area contributed by atoms with E-state index in [-0.39, 0.29) is 24.6 Å². The van der Waals surface area contributed by atoms with Crippen LogP contribution in [0.5, 0.6) is 11.5 Å². The highest BCUT2D eigenvalue weighted by Gasteiger charge is 2.12. The van der Waals surface area contributed by atoms with E-state index >= 15 is 0 Å². The first-order valence-electron chi connectivity index (χ1n) is 5.00. The minimum Gasteiger partial charge on any atom is -0.454 e. The molecule has 1 heterocycles. The van der Waals surface area contributed by atoms with Crippen LogP contribution in [-0.4, -0.2) is 6.79 Å². The van der Waals surface area contributed by atoms with Crippen LogP contribution < -0.4 is 26.6 Å². The molecule has 1 aliphatic rings. The standard InChI is InChI=1S/C12H8O3.ClH.H4N2/c13-10-6-9(10)3-1-8-2-4-11-12(5-8)15-7-14-11;;1-2/h1-6H,7H2;1H;1-2H2. The van der Waals surface area contributed by atoms with E-state index in [1.54, 1.807) is 12.1 Å². The highest BCUT2D eigenvalue weighted by molar-refractivity contribution is 5.85. The van der Waals surface area contributed by atoms with Crippen LogP contribution in [-0.2, 0) is 0 Å². The average Bonchev–Trinajstić information content (AvgIpc) is 2.90. The monoisotopic (exact) mass is 268 g/mol. The summed E-state index contributed by atoms with van der Waals surface area (Å²) in [6, 6.07) is 7.29. The van der Waals surface area contributed by atoms with Crippen LogP contribution in [0, 0.1) is 0 Å². The molecule has 4 N–H and O–H groups in total. The molecule has 6 heteroatoms. The Balaban J connectivity index is 0.000000516. The van der Waals surface area contributed by atoms with Gasteiger partial charge in [0.25, 0.3) is 0 Å². The van der Waals surface area contributed by atoms with Crippen LogP contribution in [0.15, 0.2) is 29.1 Å². The Hall–Kier alpha value is -1.82. The van der Waals surface area contributed by atoms with Gasteiger partial charge >= 0.3 is 0 Å². The summed E-state index contributed by atoms with van der Waals surface area (Å²) in [5, 5.41) is 0. The van der Waals surface area contributed by atoms with Gasteiger partial charge in [0.05, 0.1) is 0 Å². The Morgan fingerprint density at radius 1 is 1.06 bits per heavy atom. The predicted octanol–water partition coefficient (Wildman–Crippen LogP) is 1.06. The maximum Gasteiger partial charge on any atom is 0.231 e. The Labute approximate surface area is 110 Å². The summed E-state index contributed by atoms with van der Waals surface area (Å²) in [6.45, 7) is 0.284. The van der Waals surface area contributed by atoms with Crippen LogP contribution in [0.3, 0.4) is 0 Å². The first-order chi connectivity index (χ1) is 8.33. The topological polar surface area (TPSA) is 87.6 Å². The van der Waals surface area contributed by atoms with Crippen LogP contribution in [0.2, 0.25) is 0 Å². The zero-order valence-electron chi connectivity index (χ0n) is 9.46. The van der Waals surface area contributed by atoms with Crippen molar-refractivity contribution < 1.29 is 9.47 Å². The molecule has 0 atom stereocenters. The van der Waals surface area contributed by atoms with Gasteiger partial charge in [0.1, 0.15) is 0 Å². The lowest BCUT2D eigenvalue weighted by atomic mass is 10.2. The van der Waals surface area contributed by atoms with Crippen LogP contribution in [0.1, 0.15) is 11.1 Å². The molecule has 2 aromatic carbocycles. The summed E-state index contributed by atoms with van der Waals surface area (Å²) < 4.78 is 10.4. The molecule has 0 amide bonds. The highest BCUT2D eigenvalue weighted by atomic mass is 35.5. The first kappa shape index (κ1) is 14.2. The molecule has 0 saturated carbocycles. The quantitative estimate of drug-likeness (QED) is 0.628. The fraction of sp³-hybridized carbons (Fsp3) is 0.0833. The van der Waals surface area contributed by atoms with Crippen molar-refractivity contribution in [3.05, 3.63) is 45.6 Å². The van der Waals surface area contributed by atoms with Gasteiger partial charge in [-0.1, -0.05) is 18.2 Å². The van der Waals surface area contributed by atoms with Crippen LogP contribution in [0.25, 0.3) is 12.2 Å². The molecule has 0 bridgehead atoms. The van der Waals surface area contributed by atoms with E-state index in [1.165, 1.54) is 0 Å². The molecule has 1 aliphatic heterocycles. The molecule has 3 rings (SSSR count). The van der Waals surface area contributed by atoms with Gasteiger partial charge in [0.15, 0.2) is 16.9 Å². The predicted molar refractivity (Wildman–Crippen MR) is 72.2 cm³/mol. The van der Waals surface area contributed by atoms with Crippen molar-refractivity contribution in [1.82, 2.24) is 0 Å². The molecule has 0 radical (unpaired) electrons. The Morgan fingerprint density at radius 2 is 1.72 bits per heavy atom. The van der Waals surface area contributed by atoms with Gasteiger partial charge in [0, 0.05) is 5.56 Å². The van der Waals surface area contributed by atoms with E-state index in [9.17, 15) is 4.79 Å². The van der Waals surface area contributed by atoms with Crippen molar-refractivity contribution >= 4 is 24.6 Å². The number of halogens is 1. The Morgan fingerprint density at radius 3 is 2.39 bits per heavy atom. The van der Waals surface area contributed by atoms with E-state index in [0.29, 0.717) is 0 Å². The van der Waals surface area contributed by atoms with Crippen LogP contribution in [0.4, 0.5) is 0 Å². The van der Waals surface area contributed by atoms with Gasteiger partial charge in [0.2, 0.25) is 6.79 Å². The Kier molecular flexibility index (Phi) is 4.91. The van der Waals surface area contributed by atoms with Gasteiger partial charge in [-0.3, -0.25) is 16.5 Å². The molecule has 0 aliphatic carbocycles. The van der Waals surface area contributed by atoms with Crippen molar-refractivity contribution in [1.29, 1.82) is 0 Å². The van der Waals surface area contributed by atoms with E-state index in [0.717, 1.165) is 22.6 Å². The summed E-state index contributed by atoms with van der Waals surface area (Å²) >= 11 is 0.